The number of piperidine rings is 1. The van der Waals surface area contributed by atoms with Gasteiger partial charge >= 0.3 is 0 Å². The molecule has 2 aromatic heterocycles. The Labute approximate surface area is 194 Å². The first kappa shape index (κ1) is 21.4. The molecule has 0 radical (unpaired) electrons. The van der Waals surface area contributed by atoms with Gasteiger partial charge in [-0.2, -0.15) is 0 Å². The Balaban J connectivity index is 1.46. The quantitative estimate of drug-likeness (QED) is 0.558. The van der Waals surface area contributed by atoms with Crippen LogP contribution in [0.5, 0.6) is 5.75 Å². The zero-order valence-electron chi connectivity index (χ0n) is 17.6. The van der Waals surface area contributed by atoms with E-state index in [-0.39, 0.29) is 12.2 Å². The van der Waals surface area contributed by atoms with E-state index in [1.165, 1.54) is 30.6 Å². The molecule has 5 rings (SSSR count). The Bertz CT molecular complexity index is 1150. The second-order valence-electron chi connectivity index (χ2n) is 8.66. The molecule has 2 aliphatic rings. The van der Waals surface area contributed by atoms with Crippen LogP contribution in [-0.2, 0) is 13.0 Å². The number of likely N-dealkylation sites (tertiary alicyclic amines) is 1. The highest BCUT2D eigenvalue weighted by Gasteiger charge is 2.21. The van der Waals surface area contributed by atoms with Gasteiger partial charge in [0.15, 0.2) is 5.75 Å². The lowest BCUT2D eigenvalue weighted by Gasteiger charge is -2.28. The van der Waals surface area contributed by atoms with Crippen LogP contribution in [0.3, 0.4) is 0 Å². The first-order valence-electron chi connectivity index (χ1n) is 11.3. The summed E-state index contributed by atoms with van der Waals surface area (Å²) in [4.78, 5) is 21.3. The molecule has 0 spiro atoms. The molecule has 0 bridgehead atoms. The molecule has 0 aliphatic carbocycles. The van der Waals surface area contributed by atoms with Crippen LogP contribution in [0.2, 0.25) is 0 Å². The van der Waals surface area contributed by atoms with E-state index in [0.717, 1.165) is 70.5 Å². The van der Waals surface area contributed by atoms with Gasteiger partial charge in [0.05, 0.1) is 14.6 Å². The smallest absolute Gasteiger partial charge is 0.262 e. The van der Waals surface area contributed by atoms with Gasteiger partial charge in [-0.15, -0.1) is 11.3 Å². The number of nitrogens with zero attached hydrogens (tertiary/aromatic N) is 3. The molecule has 1 saturated heterocycles. The zero-order chi connectivity index (χ0) is 21.4. The second kappa shape index (κ2) is 9.17. The van der Waals surface area contributed by atoms with Crippen LogP contribution < -0.4 is 10.3 Å². The fourth-order valence-electron chi connectivity index (χ4n) is 4.77. The van der Waals surface area contributed by atoms with E-state index >= 15 is 0 Å². The average Bonchev–Trinajstić information content (AvgIpc) is 2.96. The lowest BCUT2D eigenvalue weighted by Crippen LogP contribution is -2.38. The predicted octanol–water partition coefficient (Wildman–Crippen LogP) is 4.33. The maximum Gasteiger partial charge on any atom is 0.262 e. The van der Waals surface area contributed by atoms with Crippen LogP contribution in [-0.4, -0.2) is 51.9 Å². The highest BCUT2D eigenvalue weighted by atomic mass is 79.9. The van der Waals surface area contributed by atoms with Gasteiger partial charge in [0.2, 0.25) is 0 Å². The Morgan fingerprint density at radius 3 is 2.74 bits per heavy atom. The average molecular weight is 506 g/mol. The van der Waals surface area contributed by atoms with Crippen LogP contribution in [0.4, 0.5) is 0 Å². The van der Waals surface area contributed by atoms with E-state index in [1.54, 1.807) is 0 Å². The number of aliphatic hydroxyl groups excluding tert-OH is 1. The van der Waals surface area contributed by atoms with E-state index < -0.39 is 6.10 Å². The van der Waals surface area contributed by atoms with Crippen molar-refractivity contribution in [3.63, 3.8) is 0 Å². The number of ether oxygens (including phenoxy) is 1. The molecular weight excluding hydrogens is 478 g/mol. The standard InChI is InChI=1S/C23H28BrN3O3S/c24-17-9-8-16-19-22(25-18-7-3-1-6-12-27(18)23(19)29)31-21(16)20(17)30-14-15(28)13-26-10-4-2-5-11-26/h8-9,15,28H,1-7,10-14H2. The molecule has 1 unspecified atom stereocenters. The van der Waals surface area contributed by atoms with Gasteiger partial charge in [0, 0.05) is 24.9 Å². The molecule has 0 saturated carbocycles. The molecule has 4 heterocycles. The second-order valence-corrected chi connectivity index (χ2v) is 10.5. The predicted molar refractivity (Wildman–Crippen MR) is 128 cm³/mol. The van der Waals surface area contributed by atoms with E-state index in [2.05, 4.69) is 20.8 Å². The van der Waals surface area contributed by atoms with Gasteiger partial charge in [0.1, 0.15) is 23.4 Å². The van der Waals surface area contributed by atoms with Crippen LogP contribution in [0, 0.1) is 0 Å². The minimum Gasteiger partial charge on any atom is -0.488 e. The maximum atomic E-state index is 13.3. The number of rotatable bonds is 5. The number of fused-ring (bicyclic) bond motifs is 4. The summed E-state index contributed by atoms with van der Waals surface area (Å²) >= 11 is 5.12. The Kier molecular flexibility index (Phi) is 6.32. The van der Waals surface area contributed by atoms with E-state index in [1.807, 2.05) is 16.7 Å². The number of benzene rings is 1. The number of halogens is 1. The molecule has 1 aromatic carbocycles. The summed E-state index contributed by atoms with van der Waals surface area (Å²) in [5, 5.41) is 12.1. The summed E-state index contributed by atoms with van der Waals surface area (Å²) in [7, 11) is 0. The molecule has 0 amide bonds. The number of aromatic nitrogens is 2. The van der Waals surface area contributed by atoms with Crippen LogP contribution >= 0.6 is 27.3 Å². The van der Waals surface area contributed by atoms with Gasteiger partial charge in [-0.3, -0.25) is 9.36 Å². The van der Waals surface area contributed by atoms with Crippen LogP contribution in [0.25, 0.3) is 20.3 Å². The van der Waals surface area contributed by atoms with E-state index in [4.69, 9.17) is 9.72 Å². The molecular formula is C23H28BrN3O3S. The normalized spacial score (nSPS) is 18.8. The third-order valence-corrected chi connectivity index (χ3v) is 8.09. The van der Waals surface area contributed by atoms with E-state index in [0.29, 0.717) is 17.7 Å². The van der Waals surface area contributed by atoms with Gasteiger partial charge in [-0.1, -0.05) is 18.9 Å². The summed E-state index contributed by atoms with van der Waals surface area (Å²) in [5.74, 6) is 1.60. The molecule has 3 aromatic rings. The molecule has 166 valence electrons. The third-order valence-electron chi connectivity index (χ3n) is 6.37. The number of hydrogen-bond acceptors (Lipinski definition) is 6. The topological polar surface area (TPSA) is 67.6 Å². The fraction of sp³-hybridized carbons (Fsp3) is 0.565. The van der Waals surface area contributed by atoms with Gasteiger partial charge in [-0.25, -0.2) is 4.98 Å². The summed E-state index contributed by atoms with van der Waals surface area (Å²) in [6.07, 6.45) is 7.24. The summed E-state index contributed by atoms with van der Waals surface area (Å²) < 4.78 is 9.73. The monoisotopic (exact) mass is 505 g/mol. The number of β-amino-alcohol motifs (C(OH)–C–C–N with tert-alkyl or cyclic N) is 1. The number of hydrogen-bond donors (Lipinski definition) is 1. The Hall–Kier alpha value is -1.48. The fourth-order valence-corrected chi connectivity index (χ4v) is 6.53. The van der Waals surface area contributed by atoms with Crippen molar-refractivity contribution >= 4 is 47.6 Å². The van der Waals surface area contributed by atoms with Gasteiger partial charge < -0.3 is 14.7 Å². The maximum absolute atomic E-state index is 13.3. The molecule has 2 aliphatic heterocycles. The number of thiophene rings is 1. The van der Waals surface area contributed by atoms with Crippen molar-refractivity contribution in [2.45, 2.75) is 57.6 Å². The first-order chi connectivity index (χ1) is 15.1. The van der Waals surface area contributed by atoms with Crippen molar-refractivity contribution in [3.05, 3.63) is 32.8 Å². The zero-order valence-corrected chi connectivity index (χ0v) is 20.0. The van der Waals surface area contributed by atoms with Crippen LogP contribution in [0.15, 0.2) is 21.4 Å². The van der Waals surface area contributed by atoms with Crippen molar-refractivity contribution < 1.29 is 9.84 Å². The largest absolute Gasteiger partial charge is 0.488 e. The lowest BCUT2D eigenvalue weighted by molar-refractivity contribution is 0.0620. The van der Waals surface area contributed by atoms with Crippen molar-refractivity contribution in [2.75, 3.05) is 26.2 Å². The van der Waals surface area contributed by atoms with Crippen molar-refractivity contribution in [1.82, 2.24) is 14.5 Å². The SMILES string of the molecule is O=c1c2c(nc3n1CCCCC3)sc1c(OCC(O)CN3CCCCC3)c(Br)ccc12. The summed E-state index contributed by atoms with van der Waals surface area (Å²) in [6, 6.07) is 3.90. The van der Waals surface area contributed by atoms with Crippen LogP contribution in [0.1, 0.15) is 44.3 Å². The van der Waals surface area contributed by atoms with Gasteiger partial charge in [-0.05, 0) is 60.8 Å². The lowest BCUT2D eigenvalue weighted by atomic mass is 10.1. The first-order valence-corrected chi connectivity index (χ1v) is 12.9. The van der Waals surface area contributed by atoms with Crippen molar-refractivity contribution in [3.8, 4) is 5.75 Å². The molecule has 1 atom stereocenters. The molecule has 1 fully saturated rings. The Morgan fingerprint density at radius 2 is 1.90 bits per heavy atom. The number of aliphatic hydroxyl groups is 1. The highest BCUT2D eigenvalue weighted by Crippen LogP contribution is 2.41. The minimum atomic E-state index is -0.547. The van der Waals surface area contributed by atoms with Crippen molar-refractivity contribution in [1.29, 1.82) is 0 Å². The third kappa shape index (κ3) is 4.27. The molecule has 31 heavy (non-hydrogen) atoms. The molecule has 8 heteroatoms. The van der Waals surface area contributed by atoms with Crippen molar-refractivity contribution in [2.24, 2.45) is 0 Å². The van der Waals surface area contributed by atoms with E-state index in [9.17, 15) is 9.90 Å². The highest BCUT2D eigenvalue weighted by molar-refractivity contribution is 9.10. The molecule has 6 nitrogen and oxygen atoms in total. The minimum absolute atomic E-state index is 0.0616. The Morgan fingerprint density at radius 1 is 1.13 bits per heavy atom. The molecule has 1 N–H and O–H groups in total. The summed E-state index contributed by atoms with van der Waals surface area (Å²) in [5.41, 5.74) is 0.0616. The number of aryl methyl sites for hydroxylation is 1. The van der Waals surface area contributed by atoms with Gasteiger partial charge in [0.25, 0.3) is 5.56 Å². The summed E-state index contributed by atoms with van der Waals surface area (Å²) in [6.45, 7) is 3.71.